The molecule has 1 heterocycles. The van der Waals surface area contributed by atoms with Gasteiger partial charge in [0.15, 0.2) is 0 Å². The number of anilines is 2. The Morgan fingerprint density at radius 2 is 1.82 bits per heavy atom. The largest absolute Gasteiger partial charge is 0.496 e. The molecule has 1 aromatic heterocycles. The number of benzene rings is 2. The van der Waals surface area contributed by atoms with E-state index in [0.29, 0.717) is 23.9 Å². The maximum Gasteiger partial charge on any atom is 0.270 e. The molecule has 0 spiro atoms. The number of methoxy groups -OCH3 is 1. The third kappa shape index (κ3) is 4.46. The number of aromatic nitrogens is 2. The number of rotatable bonds is 6. The van der Waals surface area contributed by atoms with E-state index in [4.69, 9.17) is 4.74 Å². The van der Waals surface area contributed by atoms with E-state index in [1.165, 1.54) is 5.56 Å². The van der Waals surface area contributed by atoms with Crippen LogP contribution in [-0.2, 0) is 6.54 Å². The van der Waals surface area contributed by atoms with Gasteiger partial charge in [-0.1, -0.05) is 30.3 Å². The molecular formula is C22H24N4O2. The summed E-state index contributed by atoms with van der Waals surface area (Å²) in [4.78, 5) is 21.3. The van der Waals surface area contributed by atoms with E-state index in [9.17, 15) is 4.79 Å². The molecule has 0 fully saturated rings. The van der Waals surface area contributed by atoms with Gasteiger partial charge in [-0.25, -0.2) is 9.97 Å². The van der Waals surface area contributed by atoms with Crippen LogP contribution in [0.3, 0.4) is 0 Å². The number of carbonyl (C=O) groups excluding carboxylic acids is 1. The molecule has 0 aliphatic heterocycles. The lowest BCUT2D eigenvalue weighted by molar-refractivity contribution is 0.0945. The normalized spacial score (nSPS) is 10.4. The van der Waals surface area contributed by atoms with Crippen LogP contribution in [0.4, 0.5) is 11.5 Å². The van der Waals surface area contributed by atoms with E-state index in [2.05, 4.69) is 33.6 Å². The molecule has 3 aromatic rings. The van der Waals surface area contributed by atoms with Crippen molar-refractivity contribution in [3.63, 3.8) is 0 Å². The quantitative estimate of drug-likeness (QED) is 0.678. The van der Waals surface area contributed by atoms with Crippen LogP contribution in [0.25, 0.3) is 0 Å². The van der Waals surface area contributed by atoms with Gasteiger partial charge in [-0.05, 0) is 44.0 Å². The van der Waals surface area contributed by atoms with Gasteiger partial charge in [0, 0.05) is 23.9 Å². The van der Waals surface area contributed by atoms with Crippen molar-refractivity contribution in [3.8, 4) is 5.75 Å². The first-order valence-electron chi connectivity index (χ1n) is 9.07. The second-order valence-electron chi connectivity index (χ2n) is 6.55. The lowest BCUT2D eigenvalue weighted by Crippen LogP contribution is -2.24. The van der Waals surface area contributed by atoms with E-state index in [-0.39, 0.29) is 5.91 Å². The summed E-state index contributed by atoms with van der Waals surface area (Å²) in [5.41, 5.74) is 4.50. The van der Waals surface area contributed by atoms with Gasteiger partial charge in [-0.3, -0.25) is 4.79 Å². The molecule has 144 valence electrons. The zero-order valence-electron chi connectivity index (χ0n) is 16.5. The Labute approximate surface area is 165 Å². The fraction of sp³-hybridized carbons (Fsp3) is 0.227. The van der Waals surface area contributed by atoms with Crippen LogP contribution in [0.15, 0.2) is 48.5 Å². The second-order valence-corrected chi connectivity index (χ2v) is 6.55. The lowest BCUT2D eigenvalue weighted by atomic mass is 10.1. The molecular weight excluding hydrogens is 352 g/mol. The van der Waals surface area contributed by atoms with E-state index >= 15 is 0 Å². The molecule has 0 atom stereocenters. The Kier molecular flexibility index (Phi) is 5.89. The number of carbonyl (C=O) groups is 1. The van der Waals surface area contributed by atoms with Gasteiger partial charge in [0.2, 0.25) is 0 Å². The van der Waals surface area contributed by atoms with Gasteiger partial charge in [0.05, 0.1) is 7.11 Å². The molecule has 6 nitrogen and oxygen atoms in total. The molecule has 3 rings (SSSR count). The van der Waals surface area contributed by atoms with Crippen molar-refractivity contribution in [2.45, 2.75) is 27.3 Å². The second kappa shape index (κ2) is 8.52. The molecule has 6 heteroatoms. The first-order chi connectivity index (χ1) is 13.5. The molecule has 0 aliphatic rings. The number of hydrogen-bond donors (Lipinski definition) is 2. The molecule has 0 radical (unpaired) electrons. The van der Waals surface area contributed by atoms with Crippen molar-refractivity contribution in [2.24, 2.45) is 0 Å². The molecule has 0 aliphatic carbocycles. The summed E-state index contributed by atoms with van der Waals surface area (Å²) in [6.45, 7) is 6.23. The maximum atomic E-state index is 12.6. The Bertz CT molecular complexity index is 1000. The number of hydrogen-bond acceptors (Lipinski definition) is 5. The summed E-state index contributed by atoms with van der Waals surface area (Å²) in [7, 11) is 1.61. The van der Waals surface area contributed by atoms with Crippen LogP contribution >= 0.6 is 0 Å². The van der Waals surface area contributed by atoms with Gasteiger partial charge in [-0.2, -0.15) is 0 Å². The molecule has 1 amide bonds. The fourth-order valence-electron chi connectivity index (χ4n) is 2.89. The smallest absolute Gasteiger partial charge is 0.270 e. The first kappa shape index (κ1) is 19.4. The van der Waals surface area contributed by atoms with Crippen LogP contribution in [0.2, 0.25) is 0 Å². The molecule has 2 N–H and O–H groups in total. The maximum absolute atomic E-state index is 12.6. The van der Waals surface area contributed by atoms with Crippen molar-refractivity contribution in [2.75, 3.05) is 12.4 Å². The first-order valence-corrected chi connectivity index (χ1v) is 9.07. The average molecular weight is 376 g/mol. The number of nitrogens with one attached hydrogen (secondary N) is 2. The monoisotopic (exact) mass is 376 g/mol. The Balaban J connectivity index is 1.77. The molecule has 0 unspecified atom stereocenters. The molecule has 2 aromatic carbocycles. The van der Waals surface area contributed by atoms with Crippen LogP contribution < -0.4 is 15.4 Å². The van der Waals surface area contributed by atoms with Crippen molar-refractivity contribution in [1.82, 2.24) is 15.3 Å². The van der Waals surface area contributed by atoms with Crippen LogP contribution in [-0.4, -0.2) is 23.0 Å². The Morgan fingerprint density at radius 3 is 2.61 bits per heavy atom. The molecule has 28 heavy (non-hydrogen) atoms. The van der Waals surface area contributed by atoms with Crippen molar-refractivity contribution >= 4 is 17.4 Å². The highest BCUT2D eigenvalue weighted by Gasteiger charge is 2.12. The van der Waals surface area contributed by atoms with E-state index in [0.717, 1.165) is 22.6 Å². The fourth-order valence-corrected chi connectivity index (χ4v) is 2.89. The summed E-state index contributed by atoms with van der Waals surface area (Å²) in [5, 5.41) is 6.18. The highest BCUT2D eigenvalue weighted by molar-refractivity contribution is 5.93. The highest BCUT2D eigenvalue weighted by atomic mass is 16.5. The summed E-state index contributed by atoms with van der Waals surface area (Å²) >= 11 is 0. The third-order valence-electron chi connectivity index (χ3n) is 4.57. The number of ether oxygens (including phenoxy) is 1. The zero-order valence-corrected chi connectivity index (χ0v) is 16.5. The summed E-state index contributed by atoms with van der Waals surface area (Å²) in [6.07, 6.45) is 0. The number of para-hydroxylation sites is 1. The van der Waals surface area contributed by atoms with Gasteiger partial charge >= 0.3 is 0 Å². The van der Waals surface area contributed by atoms with Gasteiger partial charge in [0.1, 0.15) is 23.1 Å². The van der Waals surface area contributed by atoms with Gasteiger partial charge in [0.25, 0.3) is 5.91 Å². The predicted molar refractivity (Wildman–Crippen MR) is 110 cm³/mol. The highest BCUT2D eigenvalue weighted by Crippen LogP contribution is 2.22. The number of nitrogens with zero attached hydrogens (tertiary/aromatic N) is 2. The van der Waals surface area contributed by atoms with E-state index in [1.54, 1.807) is 20.1 Å². The Hall–Kier alpha value is -3.41. The molecule has 0 bridgehead atoms. The zero-order chi connectivity index (χ0) is 20.1. The van der Waals surface area contributed by atoms with Crippen molar-refractivity contribution < 1.29 is 9.53 Å². The topological polar surface area (TPSA) is 76.1 Å². The van der Waals surface area contributed by atoms with Crippen LogP contribution in [0, 0.1) is 20.8 Å². The minimum absolute atomic E-state index is 0.263. The Morgan fingerprint density at radius 1 is 1.04 bits per heavy atom. The standard InChI is InChI=1S/C22H24N4O2/c1-14-8-7-10-18(15(14)2)26-21-12-19(24-16(3)25-21)22(27)23-13-17-9-5-6-11-20(17)28-4/h5-12H,13H2,1-4H3,(H,23,27)(H,24,25,26). The van der Waals surface area contributed by atoms with Crippen molar-refractivity contribution in [3.05, 3.63) is 76.7 Å². The van der Waals surface area contributed by atoms with E-state index < -0.39 is 0 Å². The predicted octanol–water partition coefficient (Wildman–Crippen LogP) is 4.08. The molecule has 0 saturated heterocycles. The number of amides is 1. The summed E-state index contributed by atoms with van der Waals surface area (Å²) < 4.78 is 5.32. The average Bonchev–Trinajstić information content (AvgIpc) is 2.69. The van der Waals surface area contributed by atoms with Gasteiger partial charge in [-0.15, -0.1) is 0 Å². The van der Waals surface area contributed by atoms with Crippen LogP contribution in [0.5, 0.6) is 5.75 Å². The van der Waals surface area contributed by atoms with Gasteiger partial charge < -0.3 is 15.4 Å². The summed E-state index contributed by atoms with van der Waals surface area (Å²) in [5.74, 6) is 1.58. The number of aryl methyl sites for hydroxylation is 2. The summed E-state index contributed by atoms with van der Waals surface area (Å²) in [6, 6.07) is 15.3. The SMILES string of the molecule is COc1ccccc1CNC(=O)c1cc(Nc2cccc(C)c2C)nc(C)n1. The minimum Gasteiger partial charge on any atom is -0.496 e. The molecule has 0 saturated carbocycles. The van der Waals surface area contributed by atoms with E-state index in [1.807, 2.05) is 43.3 Å². The lowest BCUT2D eigenvalue weighted by Gasteiger charge is -2.13. The van der Waals surface area contributed by atoms with Crippen molar-refractivity contribution in [1.29, 1.82) is 0 Å². The minimum atomic E-state index is -0.263. The third-order valence-corrected chi connectivity index (χ3v) is 4.57. The van der Waals surface area contributed by atoms with Crippen LogP contribution in [0.1, 0.15) is 33.0 Å².